The van der Waals surface area contributed by atoms with Crippen molar-refractivity contribution < 1.29 is 23.5 Å². The number of nitrogens with zero attached hydrogens (tertiary/aromatic N) is 3. The van der Waals surface area contributed by atoms with Crippen molar-refractivity contribution >= 4 is 22.4 Å². The van der Waals surface area contributed by atoms with Crippen LogP contribution in [0.25, 0.3) is 22.2 Å². The minimum atomic E-state index is -0.375. The number of amides is 1. The van der Waals surface area contributed by atoms with Crippen molar-refractivity contribution in [3.63, 3.8) is 0 Å². The van der Waals surface area contributed by atoms with Crippen LogP contribution in [0.1, 0.15) is 16.1 Å². The zero-order chi connectivity index (χ0) is 22.7. The zero-order valence-corrected chi connectivity index (χ0v) is 18.6. The summed E-state index contributed by atoms with van der Waals surface area (Å²) in [5.41, 5.74) is 1.84. The molecule has 9 nitrogen and oxygen atoms in total. The van der Waals surface area contributed by atoms with E-state index in [9.17, 15) is 4.79 Å². The molecule has 0 aliphatic carbocycles. The van der Waals surface area contributed by atoms with E-state index in [0.29, 0.717) is 50.2 Å². The molecule has 0 radical (unpaired) electrons. The van der Waals surface area contributed by atoms with Crippen LogP contribution in [-0.4, -0.2) is 42.4 Å². The number of aryl methyl sites for hydroxylation is 1. The zero-order valence-electron chi connectivity index (χ0n) is 17.8. The first-order valence-corrected chi connectivity index (χ1v) is 10.3. The van der Waals surface area contributed by atoms with Crippen molar-refractivity contribution in [2.45, 2.75) is 6.92 Å². The SMILES string of the molecule is COc1cc(C(=O)Nc2nc(C)c(-c3nc(-c4ccccc4)no3)s2)cc(OC)c1OC. The van der Waals surface area contributed by atoms with Crippen molar-refractivity contribution in [3.05, 3.63) is 53.7 Å². The highest BCUT2D eigenvalue weighted by Gasteiger charge is 2.21. The minimum Gasteiger partial charge on any atom is -0.493 e. The average molecular weight is 452 g/mol. The Morgan fingerprint density at radius 3 is 2.31 bits per heavy atom. The van der Waals surface area contributed by atoms with E-state index in [0.717, 1.165) is 5.56 Å². The smallest absolute Gasteiger partial charge is 0.270 e. The van der Waals surface area contributed by atoms with Crippen LogP contribution in [0.3, 0.4) is 0 Å². The molecule has 2 heterocycles. The summed E-state index contributed by atoms with van der Waals surface area (Å²) in [4.78, 5) is 22.4. The Hall–Kier alpha value is -3.92. The molecule has 0 unspecified atom stereocenters. The number of methoxy groups -OCH3 is 3. The molecule has 0 aliphatic rings. The van der Waals surface area contributed by atoms with Gasteiger partial charge < -0.3 is 18.7 Å². The fourth-order valence-corrected chi connectivity index (χ4v) is 3.93. The van der Waals surface area contributed by atoms with Gasteiger partial charge in [-0.05, 0) is 19.1 Å². The van der Waals surface area contributed by atoms with Crippen LogP contribution >= 0.6 is 11.3 Å². The molecule has 4 rings (SSSR count). The monoisotopic (exact) mass is 452 g/mol. The molecule has 0 saturated heterocycles. The maximum absolute atomic E-state index is 12.8. The van der Waals surface area contributed by atoms with E-state index in [1.54, 1.807) is 12.1 Å². The Kier molecular flexibility index (Phi) is 6.04. The normalized spacial score (nSPS) is 10.6. The molecular formula is C22H20N4O5S. The lowest BCUT2D eigenvalue weighted by molar-refractivity contribution is 0.102. The highest BCUT2D eigenvalue weighted by molar-refractivity contribution is 7.19. The van der Waals surface area contributed by atoms with E-state index >= 15 is 0 Å². The van der Waals surface area contributed by atoms with Gasteiger partial charge in [-0.1, -0.05) is 46.8 Å². The first-order valence-electron chi connectivity index (χ1n) is 9.52. The van der Waals surface area contributed by atoms with Crippen molar-refractivity contribution in [2.75, 3.05) is 26.6 Å². The van der Waals surface area contributed by atoms with E-state index in [-0.39, 0.29) is 5.91 Å². The predicted octanol–water partition coefficient (Wildman–Crippen LogP) is 4.45. The lowest BCUT2D eigenvalue weighted by atomic mass is 10.1. The Labute approximate surface area is 188 Å². The number of hydrogen-bond acceptors (Lipinski definition) is 9. The van der Waals surface area contributed by atoms with Gasteiger partial charge in [0.05, 0.1) is 27.0 Å². The molecule has 0 bridgehead atoms. The molecule has 2 aromatic heterocycles. The third kappa shape index (κ3) is 4.12. The number of carbonyl (C=O) groups is 1. The van der Waals surface area contributed by atoms with Crippen LogP contribution < -0.4 is 19.5 Å². The lowest BCUT2D eigenvalue weighted by Crippen LogP contribution is -2.12. The number of anilines is 1. The van der Waals surface area contributed by atoms with Crippen LogP contribution in [0.5, 0.6) is 17.2 Å². The molecule has 10 heteroatoms. The minimum absolute atomic E-state index is 0.332. The summed E-state index contributed by atoms with van der Waals surface area (Å²) in [5, 5.41) is 7.24. The molecule has 0 saturated carbocycles. The number of benzene rings is 2. The summed E-state index contributed by atoms with van der Waals surface area (Å²) in [6.07, 6.45) is 0. The highest BCUT2D eigenvalue weighted by Crippen LogP contribution is 2.39. The Bertz CT molecular complexity index is 1230. The van der Waals surface area contributed by atoms with Crippen molar-refractivity contribution in [1.29, 1.82) is 0 Å². The topological polar surface area (TPSA) is 109 Å². The Morgan fingerprint density at radius 2 is 1.69 bits per heavy atom. The summed E-state index contributed by atoms with van der Waals surface area (Å²) in [5.74, 6) is 1.62. The molecule has 2 aromatic carbocycles. The van der Waals surface area contributed by atoms with Crippen LogP contribution in [0.15, 0.2) is 47.0 Å². The van der Waals surface area contributed by atoms with Gasteiger partial charge in [0, 0.05) is 11.1 Å². The van der Waals surface area contributed by atoms with E-state index in [1.807, 2.05) is 37.3 Å². The van der Waals surface area contributed by atoms with E-state index in [2.05, 4.69) is 20.4 Å². The molecule has 4 aromatic rings. The number of nitrogens with one attached hydrogen (secondary N) is 1. The van der Waals surface area contributed by atoms with Gasteiger partial charge in [0.1, 0.15) is 4.88 Å². The molecule has 0 fully saturated rings. The predicted molar refractivity (Wildman–Crippen MR) is 120 cm³/mol. The van der Waals surface area contributed by atoms with Gasteiger partial charge >= 0.3 is 0 Å². The van der Waals surface area contributed by atoms with Gasteiger partial charge in [-0.25, -0.2) is 4.98 Å². The van der Waals surface area contributed by atoms with Crippen molar-refractivity contribution in [1.82, 2.24) is 15.1 Å². The third-order valence-electron chi connectivity index (χ3n) is 4.60. The summed E-state index contributed by atoms with van der Waals surface area (Å²) >= 11 is 1.25. The summed E-state index contributed by atoms with van der Waals surface area (Å²) in [7, 11) is 4.48. The fourth-order valence-electron chi connectivity index (χ4n) is 3.05. The van der Waals surface area contributed by atoms with E-state index < -0.39 is 0 Å². The van der Waals surface area contributed by atoms with Gasteiger partial charge in [0.15, 0.2) is 16.6 Å². The van der Waals surface area contributed by atoms with Gasteiger partial charge in [0.2, 0.25) is 11.6 Å². The second kappa shape index (κ2) is 9.06. The largest absolute Gasteiger partial charge is 0.493 e. The average Bonchev–Trinajstić information content (AvgIpc) is 3.45. The molecule has 0 aliphatic heterocycles. The van der Waals surface area contributed by atoms with Crippen LogP contribution in [0.2, 0.25) is 0 Å². The van der Waals surface area contributed by atoms with Crippen molar-refractivity contribution in [3.8, 4) is 39.4 Å². The number of thiazole rings is 1. The first-order chi connectivity index (χ1) is 15.5. The van der Waals surface area contributed by atoms with Gasteiger partial charge in [0.25, 0.3) is 11.8 Å². The number of hydrogen-bond donors (Lipinski definition) is 1. The highest BCUT2D eigenvalue weighted by atomic mass is 32.1. The second-order valence-electron chi connectivity index (χ2n) is 6.59. The maximum atomic E-state index is 12.8. The standard InChI is InChI=1S/C22H20N4O5S/c1-12-18(21-24-19(26-31-21)13-8-6-5-7-9-13)32-22(23-12)25-20(27)14-10-15(28-2)17(30-4)16(11-14)29-3/h5-11H,1-4H3,(H,23,25,27). The Balaban J connectivity index is 1.58. The van der Waals surface area contributed by atoms with E-state index in [4.69, 9.17) is 18.7 Å². The quantitative estimate of drug-likeness (QED) is 0.438. The van der Waals surface area contributed by atoms with Crippen molar-refractivity contribution in [2.24, 2.45) is 0 Å². The number of rotatable bonds is 7. The summed E-state index contributed by atoms with van der Waals surface area (Å²) in [6, 6.07) is 12.7. The van der Waals surface area contributed by atoms with Crippen LogP contribution in [-0.2, 0) is 0 Å². The summed E-state index contributed by atoms with van der Waals surface area (Å²) < 4.78 is 21.4. The van der Waals surface area contributed by atoms with Crippen LogP contribution in [0.4, 0.5) is 5.13 Å². The molecule has 1 amide bonds. The second-order valence-corrected chi connectivity index (χ2v) is 7.59. The summed E-state index contributed by atoms with van der Waals surface area (Å²) in [6.45, 7) is 1.81. The molecular weight excluding hydrogens is 432 g/mol. The number of aromatic nitrogens is 3. The number of ether oxygens (including phenoxy) is 3. The molecule has 32 heavy (non-hydrogen) atoms. The molecule has 1 N–H and O–H groups in total. The van der Waals surface area contributed by atoms with Crippen LogP contribution in [0, 0.1) is 6.92 Å². The van der Waals surface area contributed by atoms with E-state index in [1.165, 1.54) is 32.7 Å². The molecule has 0 atom stereocenters. The first kappa shape index (κ1) is 21.3. The third-order valence-corrected chi connectivity index (χ3v) is 5.66. The van der Waals surface area contributed by atoms with Gasteiger partial charge in [-0.3, -0.25) is 10.1 Å². The fraction of sp³-hybridized carbons (Fsp3) is 0.182. The molecule has 164 valence electrons. The van der Waals surface area contributed by atoms with Gasteiger partial charge in [-0.2, -0.15) is 4.98 Å². The number of carbonyl (C=O) groups excluding carboxylic acids is 1. The maximum Gasteiger partial charge on any atom is 0.270 e. The molecule has 0 spiro atoms. The van der Waals surface area contributed by atoms with Gasteiger partial charge in [-0.15, -0.1) is 0 Å². The Morgan fingerprint density at radius 1 is 1.00 bits per heavy atom. The lowest BCUT2D eigenvalue weighted by Gasteiger charge is -2.13.